The number of aryl methyl sites for hydroxylation is 1. The standard InChI is InChI=1S/C21H19N3O4S/c1-14-13-15(21(26)23-19-10-6-5-9-17(19)20(22)25)11-12-18(14)24-29(27,28)16-7-3-2-4-8-16/h2-13,24H,1H3,(H2,22,25)(H,23,26). The average molecular weight is 409 g/mol. The number of rotatable bonds is 6. The zero-order valence-electron chi connectivity index (χ0n) is 15.5. The van der Waals surface area contributed by atoms with Crippen LogP contribution >= 0.6 is 0 Å². The van der Waals surface area contributed by atoms with Crippen LogP contribution in [0.15, 0.2) is 77.7 Å². The Hall–Kier alpha value is -3.65. The summed E-state index contributed by atoms with van der Waals surface area (Å²) in [6, 6.07) is 19.0. The fourth-order valence-electron chi connectivity index (χ4n) is 2.72. The molecular formula is C21H19N3O4S. The number of hydrogen-bond acceptors (Lipinski definition) is 4. The maximum Gasteiger partial charge on any atom is 0.261 e. The lowest BCUT2D eigenvalue weighted by molar-refractivity contribution is 0.100. The first-order chi connectivity index (χ1) is 13.8. The third-order valence-electron chi connectivity index (χ3n) is 4.23. The lowest BCUT2D eigenvalue weighted by Gasteiger charge is -2.13. The van der Waals surface area contributed by atoms with Gasteiger partial charge in [-0.3, -0.25) is 14.3 Å². The van der Waals surface area contributed by atoms with Crippen molar-refractivity contribution in [1.82, 2.24) is 0 Å². The molecule has 0 heterocycles. The molecule has 0 spiro atoms. The van der Waals surface area contributed by atoms with Crippen LogP contribution in [0.1, 0.15) is 26.3 Å². The molecule has 3 aromatic rings. The van der Waals surface area contributed by atoms with Crippen LogP contribution in [0, 0.1) is 6.92 Å². The number of nitrogens with two attached hydrogens (primary N) is 1. The van der Waals surface area contributed by atoms with Crippen LogP contribution in [0.2, 0.25) is 0 Å². The lowest BCUT2D eigenvalue weighted by atomic mass is 10.1. The molecule has 0 aliphatic heterocycles. The van der Waals surface area contributed by atoms with Gasteiger partial charge in [-0.25, -0.2) is 8.42 Å². The number of para-hydroxylation sites is 1. The number of hydrogen-bond donors (Lipinski definition) is 3. The van der Waals surface area contributed by atoms with Crippen LogP contribution in [0.3, 0.4) is 0 Å². The van der Waals surface area contributed by atoms with Gasteiger partial charge in [0.1, 0.15) is 0 Å². The number of nitrogens with one attached hydrogen (secondary N) is 2. The highest BCUT2D eigenvalue weighted by molar-refractivity contribution is 7.92. The van der Waals surface area contributed by atoms with Crippen molar-refractivity contribution in [3.8, 4) is 0 Å². The first kappa shape index (κ1) is 20.1. The van der Waals surface area contributed by atoms with Gasteiger partial charge in [-0.2, -0.15) is 0 Å². The number of amides is 2. The van der Waals surface area contributed by atoms with Gasteiger partial charge in [0.15, 0.2) is 0 Å². The highest BCUT2D eigenvalue weighted by Crippen LogP contribution is 2.22. The number of benzene rings is 3. The Morgan fingerprint density at radius 1 is 0.862 bits per heavy atom. The minimum atomic E-state index is -3.73. The predicted octanol–water partition coefficient (Wildman–Crippen LogP) is 3.15. The van der Waals surface area contributed by atoms with E-state index in [1.165, 1.54) is 30.3 Å². The summed E-state index contributed by atoms with van der Waals surface area (Å²) in [4.78, 5) is 24.2. The van der Waals surface area contributed by atoms with Crippen molar-refractivity contribution in [1.29, 1.82) is 0 Å². The summed E-state index contributed by atoms with van der Waals surface area (Å²) in [5.74, 6) is -1.10. The summed E-state index contributed by atoms with van der Waals surface area (Å²) in [5.41, 5.74) is 7.07. The van der Waals surface area contributed by atoms with Crippen molar-refractivity contribution < 1.29 is 18.0 Å². The van der Waals surface area contributed by atoms with E-state index in [1.807, 2.05) is 0 Å². The van der Waals surface area contributed by atoms with Crippen molar-refractivity contribution in [3.05, 3.63) is 89.5 Å². The second-order valence-electron chi connectivity index (χ2n) is 6.31. The summed E-state index contributed by atoms with van der Waals surface area (Å²) >= 11 is 0. The molecule has 0 fully saturated rings. The summed E-state index contributed by atoms with van der Waals surface area (Å²) < 4.78 is 27.5. The van der Waals surface area contributed by atoms with E-state index in [0.717, 1.165) is 0 Å². The number of anilines is 2. The molecule has 0 saturated carbocycles. The van der Waals surface area contributed by atoms with E-state index in [0.29, 0.717) is 22.5 Å². The number of carbonyl (C=O) groups excluding carboxylic acids is 2. The third-order valence-corrected chi connectivity index (χ3v) is 5.61. The third kappa shape index (κ3) is 4.61. The SMILES string of the molecule is Cc1cc(C(=O)Nc2ccccc2C(N)=O)ccc1NS(=O)(=O)c1ccccc1. The Kier molecular flexibility index (Phi) is 5.65. The van der Waals surface area contributed by atoms with Crippen LogP contribution in [0.4, 0.5) is 11.4 Å². The van der Waals surface area contributed by atoms with Crippen molar-refractivity contribution in [2.75, 3.05) is 10.0 Å². The van der Waals surface area contributed by atoms with Crippen molar-refractivity contribution >= 4 is 33.2 Å². The maximum atomic E-state index is 12.6. The molecule has 29 heavy (non-hydrogen) atoms. The maximum absolute atomic E-state index is 12.6. The van der Waals surface area contributed by atoms with E-state index in [4.69, 9.17) is 5.73 Å². The lowest BCUT2D eigenvalue weighted by Crippen LogP contribution is -2.18. The molecule has 4 N–H and O–H groups in total. The monoisotopic (exact) mass is 409 g/mol. The van der Waals surface area contributed by atoms with E-state index < -0.39 is 21.8 Å². The summed E-state index contributed by atoms with van der Waals surface area (Å²) in [6.07, 6.45) is 0. The molecule has 0 bridgehead atoms. The van der Waals surface area contributed by atoms with Crippen molar-refractivity contribution in [3.63, 3.8) is 0 Å². The molecule has 0 aromatic heterocycles. The normalized spacial score (nSPS) is 10.9. The van der Waals surface area contributed by atoms with Gasteiger partial charge in [0, 0.05) is 5.56 Å². The van der Waals surface area contributed by atoms with Gasteiger partial charge in [-0.05, 0) is 55.0 Å². The zero-order valence-corrected chi connectivity index (χ0v) is 16.4. The second-order valence-corrected chi connectivity index (χ2v) is 7.99. The molecule has 0 atom stereocenters. The molecule has 0 aliphatic carbocycles. The van der Waals surface area contributed by atoms with Crippen molar-refractivity contribution in [2.24, 2.45) is 5.73 Å². The summed E-state index contributed by atoms with van der Waals surface area (Å²) in [7, 11) is -3.73. The van der Waals surface area contributed by atoms with Gasteiger partial charge in [-0.15, -0.1) is 0 Å². The van der Waals surface area contributed by atoms with Crippen LogP contribution in [0.5, 0.6) is 0 Å². The number of sulfonamides is 1. The molecule has 0 saturated heterocycles. The van der Waals surface area contributed by atoms with Crippen molar-refractivity contribution in [2.45, 2.75) is 11.8 Å². The molecule has 2 amide bonds. The Bertz CT molecular complexity index is 1180. The topological polar surface area (TPSA) is 118 Å². The van der Waals surface area contributed by atoms with E-state index in [1.54, 1.807) is 49.4 Å². The molecule has 7 nitrogen and oxygen atoms in total. The fraction of sp³-hybridized carbons (Fsp3) is 0.0476. The molecule has 3 aromatic carbocycles. The van der Waals surface area contributed by atoms with Crippen LogP contribution in [-0.4, -0.2) is 20.2 Å². The van der Waals surface area contributed by atoms with Crippen LogP contribution in [0.25, 0.3) is 0 Å². The minimum Gasteiger partial charge on any atom is -0.366 e. The van der Waals surface area contributed by atoms with Gasteiger partial charge in [0.2, 0.25) is 0 Å². The Morgan fingerprint density at radius 3 is 2.17 bits per heavy atom. The molecule has 8 heteroatoms. The van der Waals surface area contributed by atoms with E-state index in [2.05, 4.69) is 10.0 Å². The van der Waals surface area contributed by atoms with Gasteiger partial charge >= 0.3 is 0 Å². The second kappa shape index (κ2) is 8.15. The minimum absolute atomic E-state index is 0.143. The molecular weight excluding hydrogens is 390 g/mol. The first-order valence-electron chi connectivity index (χ1n) is 8.66. The van der Waals surface area contributed by atoms with Gasteiger partial charge in [0.05, 0.1) is 21.8 Å². The largest absolute Gasteiger partial charge is 0.366 e. The van der Waals surface area contributed by atoms with E-state index >= 15 is 0 Å². The number of primary amides is 1. The summed E-state index contributed by atoms with van der Waals surface area (Å²) in [6.45, 7) is 1.69. The molecule has 3 rings (SSSR count). The van der Waals surface area contributed by atoms with Gasteiger partial charge < -0.3 is 11.1 Å². The highest BCUT2D eigenvalue weighted by Gasteiger charge is 2.16. The Labute approximate surface area is 168 Å². The molecule has 148 valence electrons. The summed E-state index contributed by atoms with van der Waals surface area (Å²) in [5, 5.41) is 2.65. The molecule has 0 aliphatic rings. The van der Waals surface area contributed by atoms with Gasteiger partial charge in [-0.1, -0.05) is 30.3 Å². The zero-order chi connectivity index (χ0) is 21.0. The van der Waals surface area contributed by atoms with E-state index in [-0.39, 0.29) is 10.5 Å². The van der Waals surface area contributed by atoms with Crippen LogP contribution in [-0.2, 0) is 10.0 Å². The van der Waals surface area contributed by atoms with Crippen LogP contribution < -0.4 is 15.8 Å². The van der Waals surface area contributed by atoms with E-state index in [9.17, 15) is 18.0 Å². The Balaban J connectivity index is 1.81. The fourth-order valence-corrected chi connectivity index (χ4v) is 3.88. The van der Waals surface area contributed by atoms with Gasteiger partial charge in [0.25, 0.3) is 21.8 Å². The smallest absolute Gasteiger partial charge is 0.261 e. The Morgan fingerprint density at radius 2 is 1.52 bits per heavy atom. The molecule has 0 unspecified atom stereocenters. The molecule has 0 radical (unpaired) electrons. The first-order valence-corrected chi connectivity index (χ1v) is 10.1. The average Bonchev–Trinajstić information content (AvgIpc) is 2.70. The number of carbonyl (C=O) groups is 2. The highest BCUT2D eigenvalue weighted by atomic mass is 32.2. The quantitative estimate of drug-likeness (QED) is 0.579. The predicted molar refractivity (Wildman–Crippen MR) is 111 cm³/mol.